The van der Waals surface area contributed by atoms with E-state index in [0.717, 1.165) is 17.8 Å². The number of Topliss-reactive ketones (excluding diaryl/α,β-unsaturated/α-hetero) is 1. The molecule has 0 fully saturated rings. The number of nitrogens with one attached hydrogen (secondary N) is 1. The molecule has 21 heavy (non-hydrogen) atoms. The van der Waals surface area contributed by atoms with Gasteiger partial charge in [-0.05, 0) is 31.4 Å². The monoisotopic (exact) mass is 302 g/mol. The van der Waals surface area contributed by atoms with Gasteiger partial charge in [0, 0.05) is 12.5 Å². The Balaban J connectivity index is 1.91. The van der Waals surface area contributed by atoms with Crippen molar-refractivity contribution in [2.45, 2.75) is 39.2 Å². The number of hydrogen-bond donors (Lipinski definition) is 2. The van der Waals surface area contributed by atoms with Crippen molar-refractivity contribution in [3.8, 4) is 0 Å². The highest BCUT2D eigenvalue weighted by Gasteiger charge is 2.13. The first-order valence-electron chi connectivity index (χ1n) is 7.33. The summed E-state index contributed by atoms with van der Waals surface area (Å²) in [5, 5.41) is 4.42. The van der Waals surface area contributed by atoms with Crippen LogP contribution in [0.25, 0.3) is 0 Å². The summed E-state index contributed by atoms with van der Waals surface area (Å²) >= 11 is 1.46. The zero-order valence-corrected chi connectivity index (χ0v) is 13.4. The number of rotatable bonds is 7. The zero-order valence-electron chi connectivity index (χ0n) is 12.6. The number of nitrogens with two attached hydrogens (primary N) is 1. The van der Waals surface area contributed by atoms with Crippen molar-refractivity contribution in [3.63, 3.8) is 0 Å². The molecule has 2 aromatic rings. The normalized spacial score (nSPS) is 12.1. The van der Waals surface area contributed by atoms with Crippen molar-refractivity contribution >= 4 is 27.8 Å². The van der Waals surface area contributed by atoms with E-state index in [2.05, 4.69) is 36.5 Å². The van der Waals surface area contributed by atoms with E-state index in [1.165, 1.54) is 16.9 Å². The minimum atomic E-state index is 0.113. The van der Waals surface area contributed by atoms with E-state index in [9.17, 15) is 4.79 Å². The lowest BCUT2D eigenvalue weighted by atomic mass is 10.1. The zero-order chi connectivity index (χ0) is 15.2. The SMILES string of the molecule is CCC(=O)c1sc(NC(C)CCc2ccccc2)cc1N. The van der Waals surface area contributed by atoms with Crippen molar-refractivity contribution in [2.75, 3.05) is 11.1 Å². The smallest absolute Gasteiger partial charge is 0.174 e. The molecule has 0 aliphatic carbocycles. The Kier molecular flexibility index (Phi) is 5.39. The molecule has 1 heterocycles. The molecule has 112 valence electrons. The molecule has 0 bridgehead atoms. The molecule has 2 rings (SSSR count). The lowest BCUT2D eigenvalue weighted by molar-refractivity contribution is 0.0993. The van der Waals surface area contributed by atoms with Crippen LogP contribution in [0.4, 0.5) is 10.7 Å². The van der Waals surface area contributed by atoms with Gasteiger partial charge in [-0.1, -0.05) is 37.3 Å². The van der Waals surface area contributed by atoms with Crippen LogP contribution in [0, 0.1) is 0 Å². The standard InChI is InChI=1S/C17H22N2OS/c1-3-15(20)17-14(18)11-16(21-17)19-12(2)9-10-13-7-5-4-6-8-13/h4-8,11-12,19H,3,9-10,18H2,1-2H3. The first-order valence-corrected chi connectivity index (χ1v) is 8.14. The van der Waals surface area contributed by atoms with E-state index in [0.29, 0.717) is 23.0 Å². The minimum Gasteiger partial charge on any atom is -0.397 e. The lowest BCUT2D eigenvalue weighted by Gasteiger charge is -2.13. The molecule has 1 aromatic heterocycles. The van der Waals surface area contributed by atoms with Crippen LogP contribution >= 0.6 is 11.3 Å². The van der Waals surface area contributed by atoms with Gasteiger partial charge in [0.25, 0.3) is 0 Å². The third kappa shape index (κ3) is 4.33. The second-order valence-corrected chi connectivity index (χ2v) is 6.29. The third-order valence-electron chi connectivity index (χ3n) is 3.43. The number of hydrogen-bond acceptors (Lipinski definition) is 4. The molecule has 1 aromatic carbocycles. The quantitative estimate of drug-likeness (QED) is 0.747. The van der Waals surface area contributed by atoms with Crippen LogP contribution in [0.1, 0.15) is 41.9 Å². The van der Waals surface area contributed by atoms with Gasteiger partial charge in [-0.15, -0.1) is 11.3 Å². The summed E-state index contributed by atoms with van der Waals surface area (Å²) in [7, 11) is 0. The number of carbonyl (C=O) groups excluding carboxylic acids is 1. The molecular weight excluding hydrogens is 280 g/mol. The summed E-state index contributed by atoms with van der Waals surface area (Å²) in [5.74, 6) is 0.113. The number of ketones is 1. The highest BCUT2D eigenvalue weighted by atomic mass is 32.1. The highest BCUT2D eigenvalue weighted by molar-refractivity contribution is 7.18. The van der Waals surface area contributed by atoms with Crippen LogP contribution in [-0.2, 0) is 6.42 Å². The van der Waals surface area contributed by atoms with E-state index in [1.807, 2.05) is 19.1 Å². The Bertz CT molecular complexity index is 592. The summed E-state index contributed by atoms with van der Waals surface area (Å²) in [6, 6.07) is 12.7. The topological polar surface area (TPSA) is 55.1 Å². The van der Waals surface area contributed by atoms with Gasteiger partial charge in [-0.3, -0.25) is 4.79 Å². The van der Waals surface area contributed by atoms with E-state index in [-0.39, 0.29) is 5.78 Å². The maximum atomic E-state index is 11.7. The first-order chi connectivity index (χ1) is 10.1. The third-order valence-corrected chi connectivity index (χ3v) is 4.56. The molecule has 0 saturated carbocycles. The van der Waals surface area contributed by atoms with Crippen LogP contribution in [-0.4, -0.2) is 11.8 Å². The average Bonchev–Trinajstić information content (AvgIpc) is 2.86. The Morgan fingerprint density at radius 3 is 2.71 bits per heavy atom. The predicted molar refractivity (Wildman–Crippen MR) is 91.2 cm³/mol. The van der Waals surface area contributed by atoms with Gasteiger partial charge in [0.1, 0.15) is 0 Å². The lowest BCUT2D eigenvalue weighted by Crippen LogP contribution is -2.15. The predicted octanol–water partition coefficient (Wildman–Crippen LogP) is 4.36. The molecule has 0 amide bonds. The van der Waals surface area contributed by atoms with Crippen LogP contribution in [0.3, 0.4) is 0 Å². The van der Waals surface area contributed by atoms with E-state index >= 15 is 0 Å². The Hall–Kier alpha value is -1.81. The molecule has 0 spiro atoms. The summed E-state index contributed by atoms with van der Waals surface area (Å²) in [5.41, 5.74) is 7.84. The minimum absolute atomic E-state index is 0.113. The summed E-state index contributed by atoms with van der Waals surface area (Å²) in [6.07, 6.45) is 2.57. The van der Waals surface area contributed by atoms with Crippen molar-refractivity contribution in [1.82, 2.24) is 0 Å². The van der Waals surface area contributed by atoms with Crippen LogP contribution in [0.15, 0.2) is 36.4 Å². The van der Waals surface area contributed by atoms with Gasteiger partial charge in [0.05, 0.1) is 15.6 Å². The molecule has 1 atom stereocenters. The number of thiophene rings is 1. The van der Waals surface area contributed by atoms with Gasteiger partial charge in [0.15, 0.2) is 5.78 Å². The molecule has 0 aliphatic heterocycles. The fourth-order valence-electron chi connectivity index (χ4n) is 2.20. The Labute approximate surface area is 130 Å². The molecule has 0 aliphatic rings. The molecule has 1 unspecified atom stereocenters. The number of nitrogen functional groups attached to an aromatic ring is 1. The maximum absolute atomic E-state index is 11.7. The number of carbonyl (C=O) groups is 1. The molecule has 0 saturated heterocycles. The average molecular weight is 302 g/mol. The number of benzene rings is 1. The van der Waals surface area contributed by atoms with Gasteiger partial charge in [-0.25, -0.2) is 0 Å². The highest BCUT2D eigenvalue weighted by Crippen LogP contribution is 2.31. The fourth-order valence-corrected chi connectivity index (χ4v) is 3.30. The van der Waals surface area contributed by atoms with E-state index < -0.39 is 0 Å². The van der Waals surface area contributed by atoms with E-state index in [1.54, 1.807) is 0 Å². The van der Waals surface area contributed by atoms with Crippen molar-refractivity contribution in [3.05, 3.63) is 46.8 Å². The molecular formula is C17H22N2OS. The molecule has 3 nitrogen and oxygen atoms in total. The molecule has 4 heteroatoms. The van der Waals surface area contributed by atoms with Crippen LogP contribution in [0.5, 0.6) is 0 Å². The molecule has 3 N–H and O–H groups in total. The van der Waals surface area contributed by atoms with E-state index in [4.69, 9.17) is 5.73 Å². The second-order valence-electron chi connectivity index (χ2n) is 5.24. The largest absolute Gasteiger partial charge is 0.397 e. The first kappa shape index (κ1) is 15.6. The second kappa shape index (κ2) is 7.27. The summed E-state index contributed by atoms with van der Waals surface area (Å²) < 4.78 is 0. The van der Waals surface area contributed by atoms with Crippen molar-refractivity contribution in [1.29, 1.82) is 0 Å². The Morgan fingerprint density at radius 1 is 1.33 bits per heavy atom. The van der Waals surface area contributed by atoms with Gasteiger partial charge < -0.3 is 11.1 Å². The summed E-state index contributed by atoms with van der Waals surface area (Å²) in [6.45, 7) is 4.01. The van der Waals surface area contributed by atoms with Gasteiger partial charge in [0.2, 0.25) is 0 Å². The van der Waals surface area contributed by atoms with Crippen LogP contribution in [0.2, 0.25) is 0 Å². The van der Waals surface area contributed by atoms with Crippen LogP contribution < -0.4 is 11.1 Å². The van der Waals surface area contributed by atoms with Crippen molar-refractivity contribution < 1.29 is 4.79 Å². The Morgan fingerprint density at radius 2 is 2.05 bits per heavy atom. The summed E-state index contributed by atoms with van der Waals surface area (Å²) in [4.78, 5) is 12.4. The fraction of sp³-hybridized carbons (Fsp3) is 0.353. The molecule has 0 radical (unpaired) electrons. The van der Waals surface area contributed by atoms with Gasteiger partial charge >= 0.3 is 0 Å². The number of anilines is 2. The van der Waals surface area contributed by atoms with Gasteiger partial charge in [-0.2, -0.15) is 0 Å². The number of aryl methyl sites for hydroxylation is 1. The van der Waals surface area contributed by atoms with Crippen molar-refractivity contribution in [2.24, 2.45) is 0 Å². The maximum Gasteiger partial charge on any atom is 0.174 e.